The van der Waals surface area contributed by atoms with E-state index in [-0.39, 0.29) is 5.78 Å². The van der Waals surface area contributed by atoms with Gasteiger partial charge in [-0.2, -0.15) is 0 Å². The quantitative estimate of drug-likeness (QED) is 0.489. The van der Waals surface area contributed by atoms with Gasteiger partial charge in [0.05, 0.1) is 12.7 Å². The van der Waals surface area contributed by atoms with E-state index in [1.807, 2.05) is 12.1 Å². The van der Waals surface area contributed by atoms with Crippen molar-refractivity contribution in [3.05, 3.63) is 27.7 Å². The molecule has 0 bridgehead atoms. The summed E-state index contributed by atoms with van der Waals surface area (Å²) in [5, 5.41) is 0. The van der Waals surface area contributed by atoms with Crippen molar-refractivity contribution in [2.75, 3.05) is 7.11 Å². The number of ether oxygens (including phenoxy) is 1. The molecular weight excluding hydrogens is 416 g/mol. The number of Topliss-reactive ketones (excluding diaryl/α,β-unsaturated/α-hetero) is 1. The van der Waals surface area contributed by atoms with Crippen LogP contribution >= 0.6 is 47.8 Å². The molecule has 0 saturated carbocycles. The maximum atomic E-state index is 12.5. The second kappa shape index (κ2) is 5.02. The third-order valence-electron chi connectivity index (χ3n) is 2.91. The van der Waals surface area contributed by atoms with Crippen LogP contribution < -0.4 is 4.74 Å². The number of methoxy groups -OCH3 is 1. The van der Waals surface area contributed by atoms with Crippen molar-refractivity contribution in [2.24, 2.45) is 0 Å². The molecule has 0 atom stereocenters. The molecule has 0 N–H and O–H groups in total. The normalized spacial score (nSPS) is 18.5. The molecule has 92 valence electrons. The fourth-order valence-electron chi connectivity index (χ4n) is 2.05. The molecule has 1 aliphatic carbocycles. The highest BCUT2D eigenvalue weighted by molar-refractivity contribution is 9.26. The molecule has 0 fully saturated rings. The van der Waals surface area contributed by atoms with Gasteiger partial charge in [-0.05, 0) is 37.0 Å². The Morgan fingerprint density at radius 1 is 1.35 bits per heavy atom. The van der Waals surface area contributed by atoms with Crippen LogP contribution in [0.1, 0.15) is 28.8 Å². The topological polar surface area (TPSA) is 26.3 Å². The zero-order chi connectivity index (χ0) is 12.6. The van der Waals surface area contributed by atoms with Crippen LogP contribution in [0.15, 0.2) is 16.6 Å². The minimum atomic E-state index is -0.667. The number of halogens is 3. The van der Waals surface area contributed by atoms with Gasteiger partial charge in [-0.1, -0.05) is 47.8 Å². The summed E-state index contributed by atoms with van der Waals surface area (Å²) in [5.41, 5.74) is 1.71. The largest absolute Gasteiger partial charge is 0.496 e. The Hall–Kier alpha value is 0.130. The lowest BCUT2D eigenvalue weighted by molar-refractivity contribution is 0.0979. The van der Waals surface area contributed by atoms with Crippen molar-refractivity contribution in [1.29, 1.82) is 0 Å². The lowest BCUT2D eigenvalue weighted by Gasteiger charge is -2.18. The summed E-state index contributed by atoms with van der Waals surface area (Å²) >= 11 is 10.4. The lowest BCUT2D eigenvalue weighted by Crippen LogP contribution is -2.24. The van der Waals surface area contributed by atoms with Gasteiger partial charge in [0.2, 0.25) is 0 Å². The predicted octanol–water partition coefficient (Wildman–Crippen LogP) is 4.46. The van der Waals surface area contributed by atoms with Gasteiger partial charge in [0.25, 0.3) is 0 Å². The lowest BCUT2D eigenvalue weighted by atomic mass is 10.0. The van der Waals surface area contributed by atoms with E-state index in [1.165, 1.54) is 0 Å². The average Bonchev–Trinajstić information content (AvgIpc) is 2.40. The molecule has 0 heterocycles. The number of alkyl halides is 2. The van der Waals surface area contributed by atoms with Crippen LogP contribution in [0.3, 0.4) is 0 Å². The minimum absolute atomic E-state index is 0.0307. The molecule has 5 heteroatoms. The molecule has 0 radical (unpaired) electrons. The average molecular weight is 427 g/mol. The first-order valence-electron chi connectivity index (χ1n) is 5.25. The highest BCUT2D eigenvalue weighted by Gasteiger charge is 2.38. The Morgan fingerprint density at radius 3 is 2.71 bits per heavy atom. The fraction of sp³-hybridized carbons (Fsp3) is 0.417. The standard InChI is InChI=1S/C12H11Br3O2/c1-17-9-5-4-8(13)7-3-2-6-12(14,15)11(16)10(7)9/h4-5H,2-3,6H2,1H3. The molecule has 0 unspecified atom stereocenters. The number of carbonyl (C=O) groups is 1. The molecule has 0 saturated heterocycles. The molecule has 2 rings (SSSR count). The highest BCUT2D eigenvalue weighted by atomic mass is 79.9. The summed E-state index contributed by atoms with van der Waals surface area (Å²) in [6, 6.07) is 3.75. The maximum Gasteiger partial charge on any atom is 0.194 e. The van der Waals surface area contributed by atoms with Gasteiger partial charge in [0.1, 0.15) is 8.98 Å². The Morgan fingerprint density at radius 2 is 2.06 bits per heavy atom. The van der Waals surface area contributed by atoms with E-state index in [4.69, 9.17) is 4.74 Å². The summed E-state index contributed by atoms with van der Waals surface area (Å²) in [7, 11) is 1.59. The van der Waals surface area contributed by atoms with E-state index in [2.05, 4.69) is 47.8 Å². The summed E-state index contributed by atoms with van der Waals surface area (Å²) < 4.78 is 5.61. The molecular formula is C12H11Br3O2. The van der Waals surface area contributed by atoms with E-state index in [9.17, 15) is 4.79 Å². The SMILES string of the molecule is COc1ccc(Br)c2c1C(=O)C(Br)(Br)CCC2. The van der Waals surface area contributed by atoms with Crippen LogP contribution in [0.4, 0.5) is 0 Å². The third-order valence-corrected chi connectivity index (χ3v) is 5.17. The van der Waals surface area contributed by atoms with E-state index in [1.54, 1.807) is 7.11 Å². The van der Waals surface area contributed by atoms with E-state index < -0.39 is 3.23 Å². The van der Waals surface area contributed by atoms with Crippen molar-refractivity contribution in [3.8, 4) is 5.75 Å². The number of fused-ring (bicyclic) bond motifs is 1. The number of ketones is 1. The first kappa shape index (κ1) is 13.6. The van der Waals surface area contributed by atoms with Crippen LogP contribution in [0, 0.1) is 0 Å². The molecule has 17 heavy (non-hydrogen) atoms. The molecule has 1 aromatic carbocycles. The van der Waals surface area contributed by atoms with Crippen LogP contribution in [-0.2, 0) is 6.42 Å². The number of rotatable bonds is 1. The van der Waals surface area contributed by atoms with Gasteiger partial charge in [-0.3, -0.25) is 4.79 Å². The van der Waals surface area contributed by atoms with Crippen molar-refractivity contribution in [2.45, 2.75) is 22.5 Å². The summed E-state index contributed by atoms with van der Waals surface area (Å²) in [5.74, 6) is 0.668. The van der Waals surface area contributed by atoms with Crippen LogP contribution in [0.2, 0.25) is 0 Å². The van der Waals surface area contributed by atoms with Gasteiger partial charge in [0, 0.05) is 4.47 Å². The molecule has 0 amide bonds. The van der Waals surface area contributed by atoms with Crippen LogP contribution in [-0.4, -0.2) is 16.1 Å². The molecule has 2 nitrogen and oxygen atoms in total. The Balaban J connectivity index is 2.67. The molecule has 0 aliphatic heterocycles. The first-order chi connectivity index (χ1) is 7.97. The van der Waals surface area contributed by atoms with Gasteiger partial charge in [-0.15, -0.1) is 0 Å². The second-order valence-corrected chi connectivity index (χ2v) is 8.62. The minimum Gasteiger partial charge on any atom is -0.496 e. The van der Waals surface area contributed by atoms with E-state index in [0.29, 0.717) is 11.3 Å². The van der Waals surface area contributed by atoms with Gasteiger partial charge >= 0.3 is 0 Å². The number of hydrogen-bond donors (Lipinski definition) is 0. The highest BCUT2D eigenvalue weighted by Crippen LogP contribution is 2.43. The van der Waals surface area contributed by atoms with E-state index >= 15 is 0 Å². The van der Waals surface area contributed by atoms with Crippen molar-refractivity contribution in [1.82, 2.24) is 0 Å². The summed E-state index contributed by atoms with van der Waals surface area (Å²) in [4.78, 5) is 12.5. The van der Waals surface area contributed by atoms with Crippen molar-refractivity contribution in [3.63, 3.8) is 0 Å². The second-order valence-electron chi connectivity index (χ2n) is 3.99. The summed E-state index contributed by atoms with van der Waals surface area (Å²) in [6.07, 6.45) is 2.58. The maximum absolute atomic E-state index is 12.5. The van der Waals surface area contributed by atoms with Gasteiger partial charge < -0.3 is 4.74 Å². The smallest absolute Gasteiger partial charge is 0.194 e. The molecule has 0 aromatic heterocycles. The molecule has 1 aliphatic rings. The zero-order valence-corrected chi connectivity index (χ0v) is 14.0. The third kappa shape index (κ3) is 2.47. The molecule has 0 spiro atoms. The van der Waals surface area contributed by atoms with E-state index in [0.717, 1.165) is 29.3 Å². The summed E-state index contributed by atoms with van der Waals surface area (Å²) in [6.45, 7) is 0. The predicted molar refractivity (Wildman–Crippen MR) is 78.5 cm³/mol. The number of hydrogen-bond acceptors (Lipinski definition) is 2. The Bertz CT molecular complexity index is 469. The first-order valence-corrected chi connectivity index (χ1v) is 7.63. The van der Waals surface area contributed by atoms with Gasteiger partial charge in [0.15, 0.2) is 5.78 Å². The number of benzene rings is 1. The molecule has 1 aromatic rings. The monoisotopic (exact) mass is 424 g/mol. The van der Waals surface area contributed by atoms with Gasteiger partial charge in [-0.25, -0.2) is 0 Å². The Labute approximate surface area is 125 Å². The fourth-order valence-corrected chi connectivity index (χ4v) is 3.53. The van der Waals surface area contributed by atoms with Crippen LogP contribution in [0.25, 0.3) is 0 Å². The van der Waals surface area contributed by atoms with Crippen molar-refractivity contribution >= 4 is 53.6 Å². The Kier molecular flexibility index (Phi) is 4.00. The van der Waals surface area contributed by atoms with Crippen LogP contribution in [0.5, 0.6) is 5.75 Å². The zero-order valence-electron chi connectivity index (χ0n) is 9.23. The van der Waals surface area contributed by atoms with Crippen molar-refractivity contribution < 1.29 is 9.53 Å². The number of carbonyl (C=O) groups excluding carboxylic acids is 1.